The van der Waals surface area contributed by atoms with Gasteiger partial charge in [0.05, 0.1) is 6.04 Å². The predicted molar refractivity (Wildman–Crippen MR) is 45.2 cm³/mol. The van der Waals surface area contributed by atoms with Gasteiger partial charge in [-0.2, -0.15) is 0 Å². The van der Waals surface area contributed by atoms with Crippen LogP contribution in [-0.4, -0.2) is 11.8 Å². The molecule has 64 valence electrons. The van der Waals surface area contributed by atoms with Crippen molar-refractivity contribution in [1.82, 2.24) is 0 Å². The molecule has 1 fully saturated rings. The Bertz CT molecular complexity index is 136. The molecule has 1 aliphatic rings. The maximum atomic E-state index is 11.2. The molecule has 1 saturated carbocycles. The predicted octanol–water partition coefficient (Wildman–Crippen LogP) is 1.48. The van der Waals surface area contributed by atoms with Crippen LogP contribution in [0.15, 0.2) is 0 Å². The summed E-state index contributed by atoms with van der Waals surface area (Å²) in [6.45, 7) is 1.78. The Morgan fingerprint density at radius 3 is 2.55 bits per heavy atom. The molecule has 0 heterocycles. The SMILES string of the molecule is CC(N)C(=O)CC1CCCC1. The number of nitrogens with two attached hydrogens (primary N) is 1. The van der Waals surface area contributed by atoms with Crippen molar-refractivity contribution in [3.63, 3.8) is 0 Å². The van der Waals surface area contributed by atoms with Gasteiger partial charge in [0.15, 0.2) is 0 Å². The molecular weight excluding hydrogens is 138 g/mol. The molecule has 0 amide bonds. The van der Waals surface area contributed by atoms with Crippen molar-refractivity contribution in [3.8, 4) is 0 Å². The lowest BCUT2D eigenvalue weighted by Gasteiger charge is -2.09. The van der Waals surface area contributed by atoms with Crippen LogP contribution in [0, 0.1) is 5.92 Å². The Kier molecular flexibility index (Phi) is 3.06. The molecule has 2 heteroatoms. The summed E-state index contributed by atoms with van der Waals surface area (Å²) in [4.78, 5) is 11.2. The largest absolute Gasteiger partial charge is 0.322 e. The molecule has 0 saturated heterocycles. The van der Waals surface area contributed by atoms with Gasteiger partial charge >= 0.3 is 0 Å². The highest BCUT2D eigenvalue weighted by Crippen LogP contribution is 2.27. The number of ketones is 1. The average molecular weight is 155 g/mol. The van der Waals surface area contributed by atoms with Gasteiger partial charge in [-0.1, -0.05) is 25.7 Å². The van der Waals surface area contributed by atoms with E-state index in [9.17, 15) is 4.79 Å². The summed E-state index contributed by atoms with van der Waals surface area (Å²) in [6, 6.07) is -0.254. The van der Waals surface area contributed by atoms with Gasteiger partial charge in [0.25, 0.3) is 0 Å². The first-order valence-electron chi connectivity index (χ1n) is 4.48. The number of carbonyl (C=O) groups excluding carboxylic acids is 1. The van der Waals surface area contributed by atoms with Gasteiger partial charge in [-0.25, -0.2) is 0 Å². The zero-order valence-corrected chi connectivity index (χ0v) is 7.18. The fourth-order valence-electron chi connectivity index (χ4n) is 1.68. The van der Waals surface area contributed by atoms with Crippen LogP contribution >= 0.6 is 0 Å². The Balaban J connectivity index is 2.24. The van der Waals surface area contributed by atoms with E-state index in [1.165, 1.54) is 25.7 Å². The third-order valence-electron chi connectivity index (χ3n) is 2.47. The van der Waals surface area contributed by atoms with Crippen molar-refractivity contribution >= 4 is 5.78 Å². The molecule has 1 rings (SSSR count). The zero-order valence-electron chi connectivity index (χ0n) is 7.18. The first-order valence-corrected chi connectivity index (χ1v) is 4.48. The normalized spacial score (nSPS) is 22.0. The minimum absolute atomic E-state index is 0.233. The molecule has 0 aromatic rings. The topological polar surface area (TPSA) is 43.1 Å². The van der Waals surface area contributed by atoms with Crippen molar-refractivity contribution in [2.75, 3.05) is 0 Å². The van der Waals surface area contributed by atoms with Crippen molar-refractivity contribution < 1.29 is 4.79 Å². The van der Waals surface area contributed by atoms with E-state index in [4.69, 9.17) is 5.73 Å². The summed E-state index contributed by atoms with van der Waals surface area (Å²) in [5.74, 6) is 0.880. The molecular formula is C9H17NO. The summed E-state index contributed by atoms with van der Waals surface area (Å²) in [6.07, 6.45) is 5.79. The number of rotatable bonds is 3. The monoisotopic (exact) mass is 155 g/mol. The summed E-state index contributed by atoms with van der Waals surface area (Å²) in [5, 5.41) is 0. The number of carbonyl (C=O) groups is 1. The summed E-state index contributed by atoms with van der Waals surface area (Å²) >= 11 is 0. The number of Topliss-reactive ketones (excluding diaryl/α,β-unsaturated/α-hetero) is 1. The standard InChI is InChI=1S/C9H17NO/c1-7(10)9(11)6-8-4-2-3-5-8/h7-8H,2-6,10H2,1H3. The molecule has 1 aliphatic carbocycles. The van der Waals surface area contributed by atoms with Crippen LogP contribution < -0.4 is 5.73 Å². The number of hydrogen-bond acceptors (Lipinski definition) is 2. The molecule has 0 aliphatic heterocycles. The Labute approximate surface area is 68.2 Å². The van der Waals surface area contributed by atoms with Crippen molar-refractivity contribution in [3.05, 3.63) is 0 Å². The van der Waals surface area contributed by atoms with E-state index in [0.29, 0.717) is 5.92 Å². The van der Waals surface area contributed by atoms with Crippen LogP contribution in [0.25, 0.3) is 0 Å². The second kappa shape index (κ2) is 3.86. The molecule has 0 bridgehead atoms. The molecule has 2 nitrogen and oxygen atoms in total. The van der Waals surface area contributed by atoms with E-state index in [0.717, 1.165) is 6.42 Å². The van der Waals surface area contributed by atoms with Crippen molar-refractivity contribution in [1.29, 1.82) is 0 Å². The third kappa shape index (κ3) is 2.62. The Hall–Kier alpha value is -0.370. The van der Waals surface area contributed by atoms with Crippen LogP contribution in [0.1, 0.15) is 39.0 Å². The Morgan fingerprint density at radius 2 is 2.09 bits per heavy atom. The summed E-state index contributed by atoms with van der Waals surface area (Å²) < 4.78 is 0. The highest BCUT2D eigenvalue weighted by molar-refractivity contribution is 5.83. The number of hydrogen-bond donors (Lipinski definition) is 1. The first kappa shape index (κ1) is 8.72. The molecule has 0 radical (unpaired) electrons. The molecule has 2 N–H and O–H groups in total. The lowest BCUT2D eigenvalue weighted by molar-refractivity contribution is -0.120. The van der Waals surface area contributed by atoms with Gasteiger partial charge in [0.2, 0.25) is 0 Å². The van der Waals surface area contributed by atoms with Gasteiger partial charge in [0.1, 0.15) is 5.78 Å². The molecule has 0 aromatic heterocycles. The smallest absolute Gasteiger partial charge is 0.149 e. The maximum Gasteiger partial charge on any atom is 0.149 e. The van der Waals surface area contributed by atoms with Crippen molar-refractivity contribution in [2.45, 2.75) is 45.1 Å². The van der Waals surface area contributed by atoms with E-state index >= 15 is 0 Å². The van der Waals surface area contributed by atoms with Gasteiger partial charge < -0.3 is 5.73 Å². The summed E-state index contributed by atoms with van der Waals surface area (Å²) in [5.41, 5.74) is 5.46. The maximum absolute atomic E-state index is 11.2. The quantitative estimate of drug-likeness (QED) is 0.671. The van der Waals surface area contributed by atoms with Gasteiger partial charge in [-0.05, 0) is 12.8 Å². The molecule has 1 atom stereocenters. The van der Waals surface area contributed by atoms with Crippen LogP contribution in [0.4, 0.5) is 0 Å². The van der Waals surface area contributed by atoms with Crippen LogP contribution in [0.2, 0.25) is 0 Å². The first-order chi connectivity index (χ1) is 5.20. The highest BCUT2D eigenvalue weighted by Gasteiger charge is 2.19. The van der Waals surface area contributed by atoms with E-state index in [1.54, 1.807) is 6.92 Å². The summed E-state index contributed by atoms with van der Waals surface area (Å²) in [7, 11) is 0. The van der Waals surface area contributed by atoms with Gasteiger partial charge in [0, 0.05) is 6.42 Å². The van der Waals surface area contributed by atoms with E-state index in [2.05, 4.69) is 0 Å². The minimum atomic E-state index is -0.254. The highest BCUT2D eigenvalue weighted by atomic mass is 16.1. The molecule has 1 unspecified atom stereocenters. The average Bonchev–Trinajstić information content (AvgIpc) is 2.39. The second-order valence-electron chi connectivity index (χ2n) is 3.61. The van der Waals surface area contributed by atoms with Crippen LogP contribution in [0.5, 0.6) is 0 Å². The molecule has 0 spiro atoms. The van der Waals surface area contributed by atoms with Crippen LogP contribution in [-0.2, 0) is 4.79 Å². The Morgan fingerprint density at radius 1 is 1.55 bits per heavy atom. The second-order valence-corrected chi connectivity index (χ2v) is 3.61. The van der Waals surface area contributed by atoms with E-state index < -0.39 is 0 Å². The zero-order chi connectivity index (χ0) is 8.27. The fourth-order valence-corrected chi connectivity index (χ4v) is 1.68. The van der Waals surface area contributed by atoms with E-state index in [-0.39, 0.29) is 11.8 Å². The van der Waals surface area contributed by atoms with Gasteiger partial charge in [-0.15, -0.1) is 0 Å². The van der Waals surface area contributed by atoms with Crippen molar-refractivity contribution in [2.24, 2.45) is 11.7 Å². The lowest BCUT2D eigenvalue weighted by atomic mass is 9.98. The minimum Gasteiger partial charge on any atom is -0.322 e. The van der Waals surface area contributed by atoms with Crippen LogP contribution in [0.3, 0.4) is 0 Å². The third-order valence-corrected chi connectivity index (χ3v) is 2.47. The molecule has 11 heavy (non-hydrogen) atoms. The lowest BCUT2D eigenvalue weighted by Crippen LogP contribution is -2.27. The van der Waals surface area contributed by atoms with Gasteiger partial charge in [-0.3, -0.25) is 4.79 Å². The fraction of sp³-hybridized carbons (Fsp3) is 0.889. The molecule has 0 aromatic carbocycles. The van der Waals surface area contributed by atoms with E-state index in [1.807, 2.05) is 0 Å².